The maximum absolute atomic E-state index is 11.5. The van der Waals surface area contributed by atoms with Crippen LogP contribution in [0.2, 0.25) is 5.02 Å². The van der Waals surface area contributed by atoms with Gasteiger partial charge in [-0.25, -0.2) is 4.79 Å². The van der Waals surface area contributed by atoms with Crippen LogP contribution in [0, 0.1) is 10.1 Å². The third-order valence-corrected chi connectivity index (χ3v) is 5.29. The van der Waals surface area contributed by atoms with Gasteiger partial charge in [-0.15, -0.1) is 0 Å². The van der Waals surface area contributed by atoms with Crippen molar-refractivity contribution in [2.45, 2.75) is 25.1 Å². The predicted octanol–water partition coefficient (Wildman–Crippen LogP) is 3.28. The van der Waals surface area contributed by atoms with Crippen LogP contribution in [0.1, 0.15) is 24.2 Å². The van der Waals surface area contributed by atoms with E-state index < -0.39 is 10.9 Å². The van der Waals surface area contributed by atoms with Gasteiger partial charge in [0.25, 0.3) is 5.69 Å². The number of hydrogen-bond donors (Lipinski definition) is 1. The zero-order valence-corrected chi connectivity index (χ0v) is 13.1. The highest BCUT2D eigenvalue weighted by molar-refractivity contribution is 8.00. The smallest absolute Gasteiger partial charge is 0.338 e. The summed E-state index contributed by atoms with van der Waals surface area (Å²) < 4.78 is 0. The van der Waals surface area contributed by atoms with Crippen molar-refractivity contribution in [1.29, 1.82) is 0 Å². The molecule has 1 saturated heterocycles. The van der Waals surface area contributed by atoms with Crippen molar-refractivity contribution in [2.75, 3.05) is 17.2 Å². The molecular weight excluding hydrogens is 316 g/mol. The van der Waals surface area contributed by atoms with E-state index in [0.29, 0.717) is 17.5 Å². The number of nitro benzene ring substituents is 1. The number of nitrogens with zero attached hydrogens (tertiary/aromatic N) is 2. The maximum Gasteiger partial charge on any atom is 0.338 e. The molecule has 1 fully saturated rings. The van der Waals surface area contributed by atoms with Gasteiger partial charge in [0.05, 0.1) is 21.2 Å². The Morgan fingerprint density at radius 1 is 1.52 bits per heavy atom. The Labute approximate surface area is 131 Å². The van der Waals surface area contributed by atoms with Crippen LogP contribution in [0.3, 0.4) is 0 Å². The summed E-state index contributed by atoms with van der Waals surface area (Å²) in [7, 11) is 0. The summed E-state index contributed by atoms with van der Waals surface area (Å²) in [6.07, 6.45) is 0. The Morgan fingerprint density at radius 2 is 2.19 bits per heavy atom. The van der Waals surface area contributed by atoms with Crippen molar-refractivity contribution in [1.82, 2.24) is 0 Å². The number of anilines is 1. The summed E-state index contributed by atoms with van der Waals surface area (Å²) in [6, 6.07) is 2.38. The van der Waals surface area contributed by atoms with Crippen LogP contribution >= 0.6 is 23.4 Å². The van der Waals surface area contributed by atoms with Gasteiger partial charge in [-0.05, 0) is 6.92 Å². The highest BCUT2D eigenvalue weighted by Crippen LogP contribution is 2.38. The molecule has 1 aliphatic heterocycles. The van der Waals surface area contributed by atoms with Crippen molar-refractivity contribution in [3.63, 3.8) is 0 Å². The molecule has 0 saturated carbocycles. The number of carboxylic acids is 1. The van der Waals surface area contributed by atoms with Gasteiger partial charge in [0.1, 0.15) is 0 Å². The summed E-state index contributed by atoms with van der Waals surface area (Å²) in [5.41, 5.74) is -0.0668. The van der Waals surface area contributed by atoms with E-state index >= 15 is 0 Å². The number of halogens is 1. The Morgan fingerprint density at radius 3 is 2.76 bits per heavy atom. The summed E-state index contributed by atoms with van der Waals surface area (Å²) in [4.78, 5) is 23.6. The molecule has 0 bridgehead atoms. The number of rotatable bonds is 3. The standard InChI is InChI=1S/C13H15ClN2O4S/c1-7-8(2)21-4-3-15(7)12-10(13(17)18)5-9(16(19)20)6-11(12)14/h5-8H,3-4H2,1-2H3,(H,17,18). The van der Waals surface area contributed by atoms with E-state index in [4.69, 9.17) is 11.6 Å². The summed E-state index contributed by atoms with van der Waals surface area (Å²) in [6.45, 7) is 4.73. The minimum Gasteiger partial charge on any atom is -0.478 e. The normalized spacial score (nSPS) is 22.1. The lowest BCUT2D eigenvalue weighted by atomic mass is 10.1. The highest BCUT2D eigenvalue weighted by Gasteiger charge is 2.31. The first kappa shape index (κ1) is 15.9. The minimum atomic E-state index is -1.21. The molecule has 2 rings (SSSR count). The van der Waals surface area contributed by atoms with Crippen LogP contribution in [0.25, 0.3) is 0 Å². The maximum atomic E-state index is 11.5. The number of aromatic carboxylic acids is 1. The van der Waals surface area contributed by atoms with E-state index in [1.807, 2.05) is 23.6 Å². The Hall–Kier alpha value is -1.47. The molecule has 1 aromatic carbocycles. The first-order chi connectivity index (χ1) is 9.82. The SMILES string of the molecule is CC1SCCN(c2c(Cl)cc([N+](=O)[O-])cc2C(=O)O)C1C. The second-order valence-corrected chi connectivity index (χ2v) is 6.79. The molecule has 1 N–H and O–H groups in total. The summed E-state index contributed by atoms with van der Waals surface area (Å²) in [5, 5.41) is 20.7. The number of thioether (sulfide) groups is 1. The van der Waals surface area contributed by atoms with Gasteiger partial charge in [-0.2, -0.15) is 11.8 Å². The molecule has 2 unspecified atom stereocenters. The third-order valence-electron chi connectivity index (χ3n) is 3.66. The van der Waals surface area contributed by atoms with E-state index in [1.165, 1.54) is 6.07 Å². The topological polar surface area (TPSA) is 83.7 Å². The molecule has 2 atom stereocenters. The molecule has 0 amide bonds. The van der Waals surface area contributed by atoms with Gasteiger partial charge in [0.15, 0.2) is 0 Å². The number of benzene rings is 1. The van der Waals surface area contributed by atoms with E-state index in [1.54, 1.807) is 0 Å². The van der Waals surface area contributed by atoms with Crippen molar-refractivity contribution < 1.29 is 14.8 Å². The molecule has 1 aromatic rings. The summed E-state index contributed by atoms with van der Waals surface area (Å²) in [5.74, 6) is -0.355. The second kappa shape index (κ2) is 6.11. The monoisotopic (exact) mass is 330 g/mol. The molecule has 0 aliphatic carbocycles. The van der Waals surface area contributed by atoms with Crippen molar-refractivity contribution >= 4 is 40.7 Å². The fourth-order valence-corrected chi connectivity index (χ4v) is 3.82. The predicted molar refractivity (Wildman–Crippen MR) is 83.8 cm³/mol. The van der Waals surface area contributed by atoms with Crippen molar-refractivity contribution in [3.05, 3.63) is 32.8 Å². The highest BCUT2D eigenvalue weighted by atomic mass is 35.5. The summed E-state index contributed by atoms with van der Waals surface area (Å²) >= 11 is 7.97. The number of carbonyl (C=O) groups is 1. The Bertz CT molecular complexity index is 596. The van der Waals surface area contributed by atoms with Crippen LogP contribution in [0.4, 0.5) is 11.4 Å². The van der Waals surface area contributed by atoms with Crippen LogP contribution in [0.5, 0.6) is 0 Å². The first-order valence-electron chi connectivity index (χ1n) is 6.42. The zero-order chi connectivity index (χ0) is 15.7. The van der Waals surface area contributed by atoms with Crippen LogP contribution in [0.15, 0.2) is 12.1 Å². The lowest BCUT2D eigenvalue weighted by Gasteiger charge is -2.40. The van der Waals surface area contributed by atoms with Crippen LogP contribution < -0.4 is 4.90 Å². The molecule has 1 heterocycles. The molecule has 8 heteroatoms. The molecule has 0 spiro atoms. The largest absolute Gasteiger partial charge is 0.478 e. The number of non-ortho nitro benzene ring substituents is 1. The zero-order valence-electron chi connectivity index (χ0n) is 11.6. The fraction of sp³-hybridized carbons (Fsp3) is 0.462. The third kappa shape index (κ3) is 3.08. The lowest BCUT2D eigenvalue weighted by Crippen LogP contribution is -2.45. The van der Waals surface area contributed by atoms with Crippen molar-refractivity contribution in [2.24, 2.45) is 0 Å². The molecule has 114 valence electrons. The van der Waals surface area contributed by atoms with Gasteiger partial charge >= 0.3 is 5.97 Å². The van der Waals surface area contributed by atoms with E-state index in [0.717, 1.165) is 11.8 Å². The Balaban J connectivity index is 2.56. The van der Waals surface area contributed by atoms with Crippen LogP contribution in [-0.2, 0) is 0 Å². The molecule has 0 aromatic heterocycles. The second-order valence-electron chi connectivity index (χ2n) is 4.90. The van der Waals surface area contributed by atoms with Crippen LogP contribution in [-0.4, -0.2) is 39.6 Å². The average Bonchev–Trinajstić information content (AvgIpc) is 2.41. The van der Waals surface area contributed by atoms with Gasteiger partial charge < -0.3 is 10.0 Å². The quantitative estimate of drug-likeness (QED) is 0.676. The molecule has 21 heavy (non-hydrogen) atoms. The Kier molecular flexibility index (Phi) is 4.63. The van der Waals surface area contributed by atoms with Gasteiger partial charge in [0.2, 0.25) is 0 Å². The minimum absolute atomic E-state index is 0.0980. The molecule has 6 nitrogen and oxygen atoms in total. The van der Waals surface area contributed by atoms with Gasteiger partial charge in [-0.3, -0.25) is 10.1 Å². The number of hydrogen-bond acceptors (Lipinski definition) is 5. The number of carboxylic acid groups (broad SMARTS) is 1. The molecular formula is C13H15ClN2O4S. The van der Waals surface area contributed by atoms with Gasteiger partial charge in [-0.1, -0.05) is 18.5 Å². The lowest BCUT2D eigenvalue weighted by molar-refractivity contribution is -0.384. The van der Waals surface area contributed by atoms with E-state index in [2.05, 4.69) is 6.92 Å². The molecule has 0 radical (unpaired) electrons. The fourth-order valence-electron chi connectivity index (χ4n) is 2.39. The van der Waals surface area contributed by atoms with E-state index in [9.17, 15) is 20.0 Å². The number of nitro groups is 1. The molecule has 1 aliphatic rings. The average molecular weight is 331 g/mol. The van der Waals surface area contributed by atoms with Crippen molar-refractivity contribution in [3.8, 4) is 0 Å². The van der Waals surface area contributed by atoms with Gasteiger partial charge in [0, 0.05) is 35.7 Å². The first-order valence-corrected chi connectivity index (χ1v) is 7.85. The van der Waals surface area contributed by atoms with E-state index in [-0.39, 0.29) is 22.3 Å².